The van der Waals surface area contributed by atoms with E-state index in [2.05, 4.69) is 44.1 Å². The molecular formula is C14H23N3O2S. The molecule has 5 nitrogen and oxygen atoms in total. The number of sulfonamides is 1. The van der Waals surface area contributed by atoms with Crippen molar-refractivity contribution in [2.45, 2.75) is 39.2 Å². The Morgan fingerprint density at radius 1 is 1.35 bits per heavy atom. The summed E-state index contributed by atoms with van der Waals surface area (Å²) in [6.45, 7) is 9.61. The average molecular weight is 297 g/mol. The Balaban J connectivity index is 2.06. The molecule has 0 amide bonds. The molecule has 0 aliphatic carbocycles. The summed E-state index contributed by atoms with van der Waals surface area (Å²) in [5.74, 6) is 0.818. The first-order valence-corrected chi connectivity index (χ1v) is 8.61. The minimum Gasteiger partial charge on any atom is -0.365 e. The Morgan fingerprint density at radius 3 is 2.45 bits per heavy atom. The number of anilines is 1. The molecule has 1 aliphatic heterocycles. The van der Waals surface area contributed by atoms with Crippen molar-refractivity contribution in [1.82, 2.24) is 9.29 Å². The van der Waals surface area contributed by atoms with E-state index in [-0.39, 0.29) is 11.5 Å². The van der Waals surface area contributed by atoms with Crippen LogP contribution in [0.25, 0.3) is 0 Å². The van der Waals surface area contributed by atoms with Gasteiger partial charge in [0.15, 0.2) is 0 Å². The van der Waals surface area contributed by atoms with Crippen LogP contribution in [0, 0.1) is 6.92 Å². The van der Waals surface area contributed by atoms with Crippen molar-refractivity contribution in [3.63, 3.8) is 0 Å². The first-order chi connectivity index (χ1) is 9.07. The first kappa shape index (κ1) is 15.3. The second-order valence-corrected chi connectivity index (χ2v) is 8.54. The van der Waals surface area contributed by atoms with E-state index in [1.807, 2.05) is 6.20 Å². The van der Waals surface area contributed by atoms with Crippen molar-refractivity contribution >= 4 is 15.8 Å². The second kappa shape index (κ2) is 5.00. The van der Waals surface area contributed by atoms with E-state index >= 15 is 0 Å². The summed E-state index contributed by atoms with van der Waals surface area (Å²) in [6.07, 6.45) is 3.11. The molecule has 0 spiro atoms. The predicted octanol–water partition coefficient (Wildman–Crippen LogP) is 1.74. The predicted molar refractivity (Wildman–Crippen MR) is 81.5 cm³/mol. The number of nitrogens with one attached hydrogen (secondary N) is 1. The molecule has 1 aromatic heterocycles. The molecule has 1 fully saturated rings. The van der Waals surface area contributed by atoms with Gasteiger partial charge < -0.3 is 5.32 Å². The summed E-state index contributed by atoms with van der Waals surface area (Å²) in [4.78, 5) is 4.38. The van der Waals surface area contributed by atoms with Crippen molar-refractivity contribution in [3.05, 3.63) is 23.4 Å². The summed E-state index contributed by atoms with van der Waals surface area (Å²) >= 11 is 0. The normalized spacial score (nSPS) is 17.9. The van der Waals surface area contributed by atoms with E-state index in [0.29, 0.717) is 13.1 Å². The van der Waals surface area contributed by atoms with Gasteiger partial charge in [0, 0.05) is 19.3 Å². The van der Waals surface area contributed by atoms with Gasteiger partial charge in [0.05, 0.1) is 12.3 Å². The molecule has 0 aromatic carbocycles. The summed E-state index contributed by atoms with van der Waals surface area (Å²) in [7, 11) is -3.06. The maximum absolute atomic E-state index is 11.3. The summed E-state index contributed by atoms with van der Waals surface area (Å²) in [6, 6.07) is 2.21. The lowest BCUT2D eigenvalue weighted by atomic mass is 9.85. The van der Waals surface area contributed by atoms with Crippen LogP contribution >= 0.6 is 0 Å². The fourth-order valence-corrected chi connectivity index (χ4v) is 3.32. The number of hydrogen-bond donors (Lipinski definition) is 1. The molecule has 2 heterocycles. The maximum atomic E-state index is 11.3. The van der Waals surface area contributed by atoms with E-state index in [0.717, 1.165) is 5.82 Å². The van der Waals surface area contributed by atoms with Crippen molar-refractivity contribution < 1.29 is 8.42 Å². The van der Waals surface area contributed by atoms with E-state index in [1.54, 1.807) is 0 Å². The highest BCUT2D eigenvalue weighted by Gasteiger charge is 2.33. The molecule has 0 atom stereocenters. The Bertz CT molecular complexity index is 599. The van der Waals surface area contributed by atoms with Crippen LogP contribution in [-0.2, 0) is 15.4 Å². The van der Waals surface area contributed by atoms with Crippen LogP contribution in [0.15, 0.2) is 12.3 Å². The van der Waals surface area contributed by atoms with Crippen LogP contribution in [0.5, 0.6) is 0 Å². The number of aromatic nitrogens is 1. The molecule has 1 aliphatic rings. The zero-order chi connectivity index (χ0) is 15.1. The quantitative estimate of drug-likeness (QED) is 0.923. The van der Waals surface area contributed by atoms with Gasteiger partial charge in [-0.1, -0.05) is 20.8 Å². The molecule has 0 unspecified atom stereocenters. The van der Waals surface area contributed by atoms with Gasteiger partial charge in [-0.05, 0) is 29.5 Å². The smallest absolute Gasteiger partial charge is 0.211 e. The third kappa shape index (κ3) is 3.30. The van der Waals surface area contributed by atoms with E-state index in [1.165, 1.54) is 21.7 Å². The topological polar surface area (TPSA) is 62.3 Å². The molecule has 1 N–H and O–H groups in total. The van der Waals surface area contributed by atoms with Gasteiger partial charge >= 0.3 is 0 Å². The number of hydrogen-bond acceptors (Lipinski definition) is 4. The molecule has 1 aromatic rings. The van der Waals surface area contributed by atoms with Crippen LogP contribution in [-0.4, -0.2) is 43.1 Å². The van der Waals surface area contributed by atoms with Crippen molar-refractivity contribution in [3.8, 4) is 0 Å². The third-order valence-electron chi connectivity index (χ3n) is 3.58. The Labute approximate surface area is 121 Å². The number of pyridine rings is 1. The van der Waals surface area contributed by atoms with E-state index in [9.17, 15) is 8.42 Å². The molecule has 20 heavy (non-hydrogen) atoms. The lowest BCUT2D eigenvalue weighted by Crippen LogP contribution is -2.56. The first-order valence-electron chi connectivity index (χ1n) is 6.76. The van der Waals surface area contributed by atoms with Crippen molar-refractivity contribution in [1.29, 1.82) is 0 Å². The number of rotatable bonds is 3. The van der Waals surface area contributed by atoms with Crippen LogP contribution < -0.4 is 5.32 Å². The Kier molecular flexibility index (Phi) is 3.81. The molecule has 1 saturated heterocycles. The zero-order valence-electron chi connectivity index (χ0n) is 12.8. The third-order valence-corrected chi connectivity index (χ3v) is 4.82. The van der Waals surface area contributed by atoms with Crippen LogP contribution in [0.2, 0.25) is 0 Å². The van der Waals surface area contributed by atoms with Crippen molar-refractivity contribution in [2.24, 2.45) is 0 Å². The van der Waals surface area contributed by atoms with Crippen molar-refractivity contribution in [2.75, 3.05) is 24.7 Å². The highest BCUT2D eigenvalue weighted by molar-refractivity contribution is 7.88. The molecule has 0 radical (unpaired) electrons. The Hall–Kier alpha value is -1.14. The number of nitrogens with zero attached hydrogens (tertiary/aromatic N) is 2. The molecule has 0 bridgehead atoms. The number of aryl methyl sites for hydroxylation is 1. The zero-order valence-corrected chi connectivity index (χ0v) is 13.6. The standard InChI is InChI=1S/C14H23N3O2S/c1-10-7-15-13(6-12(10)14(2,3)4)16-11-8-17(9-11)20(5,18)19/h6-7,11H,8-9H2,1-5H3,(H,15,16). The lowest BCUT2D eigenvalue weighted by molar-refractivity contribution is 0.282. The molecule has 0 saturated carbocycles. The van der Waals surface area contributed by atoms with Crippen LogP contribution in [0.1, 0.15) is 31.9 Å². The fraction of sp³-hybridized carbons (Fsp3) is 0.643. The van der Waals surface area contributed by atoms with Gasteiger partial charge in [0.25, 0.3) is 0 Å². The molecule has 112 valence electrons. The minimum absolute atomic E-state index is 0.0713. The SMILES string of the molecule is Cc1cnc(NC2CN(S(C)(=O)=O)C2)cc1C(C)(C)C. The van der Waals surface area contributed by atoms with Gasteiger partial charge in [-0.15, -0.1) is 0 Å². The van der Waals surface area contributed by atoms with Crippen LogP contribution in [0.3, 0.4) is 0 Å². The second-order valence-electron chi connectivity index (χ2n) is 6.56. The average Bonchev–Trinajstić information content (AvgIpc) is 2.21. The minimum atomic E-state index is -3.06. The highest BCUT2D eigenvalue weighted by atomic mass is 32.2. The summed E-state index contributed by atoms with van der Waals surface area (Å²) in [5.41, 5.74) is 2.51. The highest BCUT2D eigenvalue weighted by Crippen LogP contribution is 2.27. The van der Waals surface area contributed by atoms with E-state index < -0.39 is 10.0 Å². The molecular weight excluding hydrogens is 274 g/mol. The van der Waals surface area contributed by atoms with Gasteiger partial charge in [-0.3, -0.25) is 0 Å². The fourth-order valence-electron chi connectivity index (χ4n) is 2.42. The monoisotopic (exact) mass is 297 g/mol. The Morgan fingerprint density at radius 2 is 1.95 bits per heavy atom. The van der Waals surface area contributed by atoms with Crippen LogP contribution in [0.4, 0.5) is 5.82 Å². The van der Waals surface area contributed by atoms with Gasteiger partial charge in [0.1, 0.15) is 5.82 Å². The summed E-state index contributed by atoms with van der Waals surface area (Å²) in [5, 5.41) is 3.30. The molecule has 6 heteroatoms. The lowest BCUT2D eigenvalue weighted by Gasteiger charge is -2.38. The van der Waals surface area contributed by atoms with Gasteiger partial charge in [-0.2, -0.15) is 4.31 Å². The van der Waals surface area contributed by atoms with Gasteiger partial charge in [0.2, 0.25) is 10.0 Å². The van der Waals surface area contributed by atoms with E-state index in [4.69, 9.17) is 0 Å². The largest absolute Gasteiger partial charge is 0.365 e. The van der Waals surface area contributed by atoms with Gasteiger partial charge in [-0.25, -0.2) is 13.4 Å². The maximum Gasteiger partial charge on any atom is 0.211 e. The summed E-state index contributed by atoms with van der Waals surface area (Å²) < 4.78 is 24.1. The molecule has 2 rings (SSSR count).